The fourth-order valence-corrected chi connectivity index (χ4v) is 3.75. The van der Waals surface area contributed by atoms with Gasteiger partial charge in [-0.05, 0) is 35.9 Å². The first-order chi connectivity index (χ1) is 15.4. The van der Waals surface area contributed by atoms with Gasteiger partial charge in [-0.25, -0.2) is 4.98 Å². The number of nitrogens with zero attached hydrogens (tertiary/aromatic N) is 3. The Hall–Kier alpha value is -3.86. The fraction of sp³-hybridized carbons (Fsp3) is 0.0435. The highest BCUT2D eigenvalue weighted by molar-refractivity contribution is 6.37. The molecule has 158 valence electrons. The smallest absolute Gasteiger partial charge is 0.263 e. The Morgan fingerprint density at radius 1 is 1.12 bits per heavy atom. The number of aromatic hydroxyl groups is 1. The van der Waals surface area contributed by atoms with Crippen molar-refractivity contribution in [3.8, 4) is 11.8 Å². The zero-order chi connectivity index (χ0) is 22.8. The number of carbonyl (C=O) groups excluding carboxylic acids is 1. The van der Waals surface area contributed by atoms with Crippen LogP contribution < -0.4 is 10.9 Å². The maximum absolute atomic E-state index is 13.2. The lowest BCUT2D eigenvalue weighted by atomic mass is 10.1. The molecule has 4 rings (SSSR count). The van der Waals surface area contributed by atoms with E-state index in [1.54, 1.807) is 42.5 Å². The quantitative estimate of drug-likeness (QED) is 0.459. The third-order valence-corrected chi connectivity index (χ3v) is 5.44. The molecule has 4 aromatic rings. The van der Waals surface area contributed by atoms with E-state index in [0.29, 0.717) is 16.6 Å². The molecular formula is C23H14Cl2N4O3. The minimum Gasteiger partial charge on any atom is -0.505 e. The Balaban J connectivity index is 1.75. The number of phenolic OH excluding ortho intramolecular Hbond substituents is 1. The van der Waals surface area contributed by atoms with Crippen molar-refractivity contribution in [3.05, 3.63) is 98.0 Å². The first kappa shape index (κ1) is 21.4. The van der Waals surface area contributed by atoms with Crippen LogP contribution in [0.3, 0.4) is 0 Å². The summed E-state index contributed by atoms with van der Waals surface area (Å²) in [6.45, 7) is 0.150. The number of phenols is 1. The number of nitriles is 1. The molecule has 7 nitrogen and oxygen atoms in total. The van der Waals surface area contributed by atoms with Gasteiger partial charge in [0.05, 0.1) is 51.1 Å². The molecule has 0 radical (unpaired) electrons. The summed E-state index contributed by atoms with van der Waals surface area (Å²) in [4.78, 5) is 30.3. The van der Waals surface area contributed by atoms with Crippen LogP contribution in [-0.2, 0) is 6.54 Å². The molecule has 0 bridgehead atoms. The van der Waals surface area contributed by atoms with Crippen molar-refractivity contribution in [1.82, 2.24) is 9.55 Å². The van der Waals surface area contributed by atoms with Crippen LogP contribution in [0.5, 0.6) is 5.75 Å². The summed E-state index contributed by atoms with van der Waals surface area (Å²) in [5.41, 5.74) is 1.53. The number of anilines is 1. The molecule has 3 aromatic carbocycles. The summed E-state index contributed by atoms with van der Waals surface area (Å²) in [6, 6.07) is 16.5. The molecule has 0 aliphatic rings. The Bertz CT molecular complexity index is 1450. The number of amides is 1. The van der Waals surface area contributed by atoms with E-state index in [4.69, 9.17) is 23.2 Å². The maximum atomic E-state index is 13.2. The van der Waals surface area contributed by atoms with E-state index in [2.05, 4.69) is 16.4 Å². The van der Waals surface area contributed by atoms with Gasteiger partial charge in [0.25, 0.3) is 11.5 Å². The third-order valence-electron chi connectivity index (χ3n) is 4.86. The Labute approximate surface area is 192 Å². The van der Waals surface area contributed by atoms with Crippen LogP contribution in [0.25, 0.3) is 10.9 Å². The van der Waals surface area contributed by atoms with Gasteiger partial charge in [-0.1, -0.05) is 47.5 Å². The highest BCUT2D eigenvalue weighted by atomic mass is 35.5. The molecular weight excluding hydrogens is 451 g/mol. The lowest BCUT2D eigenvalue weighted by Crippen LogP contribution is -2.23. The van der Waals surface area contributed by atoms with Crippen molar-refractivity contribution in [3.63, 3.8) is 0 Å². The zero-order valence-electron chi connectivity index (χ0n) is 16.3. The number of halogens is 2. The predicted molar refractivity (Wildman–Crippen MR) is 122 cm³/mol. The molecule has 1 heterocycles. The largest absolute Gasteiger partial charge is 0.505 e. The number of rotatable bonds is 4. The van der Waals surface area contributed by atoms with E-state index in [1.165, 1.54) is 23.0 Å². The normalized spacial score (nSPS) is 10.7. The van der Waals surface area contributed by atoms with Crippen molar-refractivity contribution in [2.45, 2.75) is 6.54 Å². The molecule has 2 N–H and O–H groups in total. The van der Waals surface area contributed by atoms with Crippen LogP contribution in [0, 0.1) is 11.3 Å². The van der Waals surface area contributed by atoms with Crippen molar-refractivity contribution in [2.75, 3.05) is 5.32 Å². The molecule has 0 spiro atoms. The Morgan fingerprint density at radius 2 is 1.84 bits per heavy atom. The second-order valence-electron chi connectivity index (χ2n) is 6.89. The summed E-state index contributed by atoms with van der Waals surface area (Å²) >= 11 is 11.8. The van der Waals surface area contributed by atoms with E-state index in [9.17, 15) is 20.0 Å². The first-order valence-corrected chi connectivity index (χ1v) is 10.1. The van der Waals surface area contributed by atoms with Gasteiger partial charge in [0.15, 0.2) is 5.75 Å². The van der Waals surface area contributed by atoms with Gasteiger partial charge in [0.1, 0.15) is 0 Å². The molecule has 32 heavy (non-hydrogen) atoms. The SMILES string of the molecule is N#Cc1ccccc1Cn1cnc2cccc(NC(=O)c3cc(Cl)c(O)c(Cl)c3)c2c1=O. The van der Waals surface area contributed by atoms with E-state index < -0.39 is 5.91 Å². The summed E-state index contributed by atoms with van der Waals surface area (Å²) < 4.78 is 1.38. The highest BCUT2D eigenvalue weighted by Crippen LogP contribution is 2.33. The number of fused-ring (bicyclic) bond motifs is 1. The average molecular weight is 465 g/mol. The minimum absolute atomic E-state index is 0.0687. The second kappa shape index (κ2) is 8.71. The van der Waals surface area contributed by atoms with Gasteiger partial charge in [-0.2, -0.15) is 5.26 Å². The van der Waals surface area contributed by atoms with Crippen molar-refractivity contribution >= 4 is 45.7 Å². The van der Waals surface area contributed by atoms with E-state index in [1.807, 2.05) is 0 Å². The summed E-state index contributed by atoms with van der Waals surface area (Å²) in [5.74, 6) is -0.884. The van der Waals surface area contributed by atoms with Crippen LogP contribution >= 0.6 is 23.2 Å². The summed E-state index contributed by atoms with van der Waals surface area (Å²) in [5, 5.41) is 21.8. The van der Waals surface area contributed by atoms with E-state index in [-0.39, 0.29) is 44.5 Å². The van der Waals surface area contributed by atoms with Gasteiger partial charge < -0.3 is 10.4 Å². The standard InChI is InChI=1S/C23H14Cl2N4O3/c24-16-8-15(9-17(25)21(16)30)22(31)28-19-7-3-6-18-20(19)23(32)29(12-27-18)11-14-5-2-1-4-13(14)10-26/h1-9,12,30H,11H2,(H,28,31). The minimum atomic E-state index is -0.564. The van der Waals surface area contributed by atoms with Crippen LogP contribution in [0.15, 0.2) is 65.7 Å². The number of benzene rings is 3. The monoisotopic (exact) mass is 464 g/mol. The molecule has 0 aliphatic carbocycles. The Morgan fingerprint density at radius 3 is 2.56 bits per heavy atom. The lowest BCUT2D eigenvalue weighted by Gasteiger charge is -2.12. The fourth-order valence-electron chi connectivity index (χ4n) is 3.26. The van der Waals surface area contributed by atoms with Gasteiger partial charge in [-0.3, -0.25) is 14.2 Å². The van der Waals surface area contributed by atoms with Crippen LogP contribution in [0.1, 0.15) is 21.5 Å². The molecule has 0 atom stereocenters. The van der Waals surface area contributed by atoms with Crippen molar-refractivity contribution in [1.29, 1.82) is 5.26 Å². The molecule has 1 aromatic heterocycles. The highest BCUT2D eigenvalue weighted by Gasteiger charge is 2.16. The second-order valence-corrected chi connectivity index (χ2v) is 7.70. The number of hydrogen-bond donors (Lipinski definition) is 2. The van der Waals surface area contributed by atoms with Gasteiger partial charge in [-0.15, -0.1) is 0 Å². The topological polar surface area (TPSA) is 108 Å². The van der Waals surface area contributed by atoms with Crippen molar-refractivity contribution in [2.24, 2.45) is 0 Å². The number of carbonyl (C=O) groups is 1. The van der Waals surface area contributed by atoms with Crippen LogP contribution in [0.2, 0.25) is 10.0 Å². The molecule has 9 heteroatoms. The Kier molecular flexibility index (Phi) is 5.82. The van der Waals surface area contributed by atoms with Gasteiger partial charge >= 0.3 is 0 Å². The summed E-state index contributed by atoms with van der Waals surface area (Å²) in [7, 11) is 0. The molecule has 1 amide bonds. The zero-order valence-corrected chi connectivity index (χ0v) is 17.9. The molecule has 0 unspecified atom stereocenters. The number of hydrogen-bond acceptors (Lipinski definition) is 5. The van der Waals surface area contributed by atoms with E-state index in [0.717, 1.165) is 0 Å². The maximum Gasteiger partial charge on any atom is 0.263 e. The number of aromatic nitrogens is 2. The molecule has 0 fully saturated rings. The molecule has 0 saturated carbocycles. The molecule has 0 saturated heterocycles. The molecule has 0 aliphatic heterocycles. The van der Waals surface area contributed by atoms with Crippen LogP contribution in [0.4, 0.5) is 5.69 Å². The third kappa shape index (κ3) is 4.02. The first-order valence-electron chi connectivity index (χ1n) is 9.34. The summed E-state index contributed by atoms with van der Waals surface area (Å²) in [6.07, 6.45) is 1.41. The van der Waals surface area contributed by atoms with Crippen molar-refractivity contribution < 1.29 is 9.90 Å². The van der Waals surface area contributed by atoms with Crippen LogP contribution in [-0.4, -0.2) is 20.6 Å². The average Bonchev–Trinajstić information content (AvgIpc) is 2.79. The van der Waals surface area contributed by atoms with Gasteiger partial charge in [0, 0.05) is 5.56 Å². The lowest BCUT2D eigenvalue weighted by molar-refractivity contribution is 0.102. The van der Waals surface area contributed by atoms with Gasteiger partial charge in [0.2, 0.25) is 0 Å². The number of nitrogens with one attached hydrogen (secondary N) is 1. The predicted octanol–water partition coefficient (Wildman–Crippen LogP) is 4.58. The van der Waals surface area contributed by atoms with E-state index >= 15 is 0 Å².